The molecule has 0 aliphatic carbocycles. The Balaban J connectivity index is 1.71. The van der Waals surface area contributed by atoms with E-state index in [1.165, 1.54) is 0 Å². The number of carbonyl (C=O) groups excluding carboxylic acids is 1. The van der Waals surface area contributed by atoms with E-state index in [2.05, 4.69) is 17.1 Å². The maximum absolute atomic E-state index is 12.8. The highest BCUT2D eigenvalue weighted by Crippen LogP contribution is 2.31. The van der Waals surface area contributed by atoms with Gasteiger partial charge < -0.3 is 18.7 Å². The van der Waals surface area contributed by atoms with Gasteiger partial charge in [0.05, 0.1) is 20.1 Å². The molecule has 158 valence electrons. The molecule has 3 rings (SSSR count). The quantitative estimate of drug-likeness (QED) is 0.476. The third kappa shape index (κ3) is 4.79. The van der Waals surface area contributed by atoms with Crippen LogP contribution in [0, 0.1) is 5.92 Å². The lowest BCUT2D eigenvalue weighted by atomic mass is 9.86. The van der Waals surface area contributed by atoms with Crippen molar-refractivity contribution in [2.24, 2.45) is 5.92 Å². The number of methoxy groups -OCH3 is 2. The van der Waals surface area contributed by atoms with Crippen molar-refractivity contribution in [1.29, 1.82) is 0 Å². The number of hydrogen-bond acceptors (Lipinski definition) is 7. The largest absolute Gasteiger partial charge is 0.493 e. The second-order valence-electron chi connectivity index (χ2n) is 6.96. The van der Waals surface area contributed by atoms with Crippen molar-refractivity contribution < 1.29 is 23.5 Å². The van der Waals surface area contributed by atoms with Crippen LogP contribution in [0.2, 0.25) is 0 Å². The van der Waals surface area contributed by atoms with Gasteiger partial charge in [-0.1, -0.05) is 55.8 Å². The van der Waals surface area contributed by atoms with Crippen molar-refractivity contribution in [3.63, 3.8) is 0 Å². The summed E-state index contributed by atoms with van der Waals surface area (Å²) in [4.78, 5) is 17.1. The molecule has 2 aromatic carbocycles. The smallest absolute Gasteiger partial charge is 0.314 e. The molecule has 0 saturated carbocycles. The van der Waals surface area contributed by atoms with E-state index in [9.17, 15) is 4.79 Å². The zero-order valence-electron chi connectivity index (χ0n) is 17.6. The maximum atomic E-state index is 12.8. The lowest BCUT2D eigenvalue weighted by Gasteiger charge is -2.21. The van der Waals surface area contributed by atoms with E-state index >= 15 is 0 Å². The van der Waals surface area contributed by atoms with E-state index in [0.29, 0.717) is 22.9 Å². The van der Waals surface area contributed by atoms with E-state index in [1.54, 1.807) is 32.4 Å². The molecule has 0 fully saturated rings. The van der Waals surface area contributed by atoms with Gasteiger partial charge in [0.1, 0.15) is 0 Å². The number of hydrogen-bond donors (Lipinski definition) is 0. The lowest BCUT2D eigenvalue weighted by Crippen LogP contribution is -2.22. The highest BCUT2D eigenvalue weighted by molar-refractivity contribution is 5.78. The van der Waals surface area contributed by atoms with Crippen molar-refractivity contribution in [3.05, 3.63) is 60.0 Å². The Labute approximate surface area is 176 Å². The zero-order chi connectivity index (χ0) is 21.5. The predicted molar refractivity (Wildman–Crippen MR) is 111 cm³/mol. The minimum atomic E-state index is -0.343. The Bertz CT molecular complexity index is 971. The van der Waals surface area contributed by atoms with Crippen LogP contribution in [0.25, 0.3) is 11.4 Å². The van der Waals surface area contributed by atoms with Crippen molar-refractivity contribution in [2.45, 2.75) is 32.8 Å². The molecule has 7 nitrogen and oxygen atoms in total. The molecular weight excluding hydrogens is 384 g/mol. The lowest BCUT2D eigenvalue weighted by molar-refractivity contribution is -0.149. The molecule has 0 radical (unpaired) electrons. The van der Waals surface area contributed by atoms with Crippen LogP contribution in [0.3, 0.4) is 0 Å². The third-order valence-electron chi connectivity index (χ3n) is 5.07. The highest BCUT2D eigenvalue weighted by atomic mass is 16.6. The van der Waals surface area contributed by atoms with E-state index < -0.39 is 0 Å². The van der Waals surface area contributed by atoms with Gasteiger partial charge in [-0.25, -0.2) is 0 Å². The number of ether oxygens (including phenoxy) is 3. The van der Waals surface area contributed by atoms with Gasteiger partial charge in [-0.05, 0) is 29.7 Å². The molecule has 0 aliphatic heterocycles. The van der Waals surface area contributed by atoms with Crippen molar-refractivity contribution in [1.82, 2.24) is 10.1 Å². The van der Waals surface area contributed by atoms with Crippen molar-refractivity contribution in [3.8, 4) is 22.9 Å². The number of benzene rings is 2. The van der Waals surface area contributed by atoms with Crippen LogP contribution in [0.1, 0.15) is 37.6 Å². The molecule has 0 amide bonds. The number of rotatable bonds is 9. The summed E-state index contributed by atoms with van der Waals surface area (Å²) >= 11 is 0. The number of aromatic nitrogens is 2. The standard InChI is InChI=1S/C23H26N2O5/c1-5-15(2)21(16-9-7-6-8-10-16)23(26)29-14-20-24-22(25-30-20)17-11-12-18(27-3)19(13-17)28-4/h6-13,15,21H,5,14H2,1-4H3. The van der Waals surface area contributed by atoms with Gasteiger partial charge in [-0.15, -0.1) is 0 Å². The molecule has 0 spiro atoms. The second kappa shape index (κ2) is 9.91. The van der Waals surface area contributed by atoms with Gasteiger partial charge >= 0.3 is 5.97 Å². The normalized spacial score (nSPS) is 12.8. The first-order valence-corrected chi connectivity index (χ1v) is 9.83. The van der Waals surface area contributed by atoms with Crippen LogP contribution < -0.4 is 9.47 Å². The van der Waals surface area contributed by atoms with Crippen LogP contribution in [-0.2, 0) is 16.1 Å². The Hall–Kier alpha value is -3.35. The molecule has 30 heavy (non-hydrogen) atoms. The Morgan fingerprint density at radius 3 is 2.47 bits per heavy atom. The third-order valence-corrected chi connectivity index (χ3v) is 5.07. The minimum absolute atomic E-state index is 0.0844. The van der Waals surface area contributed by atoms with E-state index in [0.717, 1.165) is 12.0 Å². The number of carbonyl (C=O) groups is 1. The van der Waals surface area contributed by atoms with E-state index in [-0.39, 0.29) is 30.3 Å². The summed E-state index contributed by atoms with van der Waals surface area (Å²) in [6, 6.07) is 15.0. The van der Waals surface area contributed by atoms with Gasteiger partial charge in [0.2, 0.25) is 5.82 Å². The van der Waals surface area contributed by atoms with Crippen LogP contribution in [0.4, 0.5) is 0 Å². The minimum Gasteiger partial charge on any atom is -0.493 e. The molecule has 3 aromatic rings. The molecule has 1 heterocycles. The van der Waals surface area contributed by atoms with Gasteiger partial charge in [-0.3, -0.25) is 4.79 Å². The van der Waals surface area contributed by atoms with Crippen molar-refractivity contribution >= 4 is 5.97 Å². The summed E-state index contributed by atoms with van der Waals surface area (Å²) in [7, 11) is 3.13. The maximum Gasteiger partial charge on any atom is 0.314 e. The molecule has 0 aliphatic rings. The Morgan fingerprint density at radius 2 is 1.80 bits per heavy atom. The van der Waals surface area contributed by atoms with Gasteiger partial charge in [0, 0.05) is 5.56 Å². The fourth-order valence-electron chi connectivity index (χ4n) is 3.22. The summed E-state index contributed by atoms with van der Waals surface area (Å²) in [5.41, 5.74) is 1.64. The predicted octanol–water partition coefficient (Wildman–Crippen LogP) is 4.63. The fraction of sp³-hybridized carbons (Fsp3) is 0.348. The number of nitrogens with zero attached hydrogens (tertiary/aromatic N) is 2. The van der Waals surface area contributed by atoms with Crippen LogP contribution in [-0.4, -0.2) is 30.3 Å². The van der Waals surface area contributed by atoms with Crippen LogP contribution in [0.15, 0.2) is 53.1 Å². The zero-order valence-corrected chi connectivity index (χ0v) is 17.6. The first-order chi connectivity index (χ1) is 14.6. The summed E-state index contributed by atoms with van der Waals surface area (Å²) in [6.45, 7) is 4.01. The second-order valence-corrected chi connectivity index (χ2v) is 6.96. The van der Waals surface area contributed by atoms with Crippen LogP contribution >= 0.6 is 0 Å². The monoisotopic (exact) mass is 410 g/mol. The molecule has 0 N–H and O–H groups in total. The summed E-state index contributed by atoms with van der Waals surface area (Å²) in [5, 5.41) is 3.98. The number of esters is 1. The van der Waals surface area contributed by atoms with Gasteiger partial charge in [0.15, 0.2) is 18.1 Å². The Kier molecular flexibility index (Phi) is 7.06. The fourth-order valence-corrected chi connectivity index (χ4v) is 3.22. The average molecular weight is 410 g/mol. The summed E-state index contributed by atoms with van der Waals surface area (Å²) in [5.74, 6) is 1.27. The molecule has 2 atom stereocenters. The van der Waals surface area contributed by atoms with E-state index in [4.69, 9.17) is 18.7 Å². The highest BCUT2D eigenvalue weighted by Gasteiger charge is 2.27. The summed E-state index contributed by atoms with van der Waals surface area (Å²) < 4.78 is 21.3. The van der Waals surface area contributed by atoms with Gasteiger partial charge in [-0.2, -0.15) is 4.98 Å². The van der Waals surface area contributed by atoms with Gasteiger partial charge in [0.25, 0.3) is 5.89 Å². The van der Waals surface area contributed by atoms with E-state index in [1.807, 2.05) is 37.3 Å². The first kappa shape index (κ1) is 21.4. The topological polar surface area (TPSA) is 83.7 Å². The van der Waals surface area contributed by atoms with Crippen LogP contribution in [0.5, 0.6) is 11.5 Å². The molecule has 1 aromatic heterocycles. The average Bonchev–Trinajstić information content (AvgIpc) is 3.27. The molecular formula is C23H26N2O5. The SMILES string of the molecule is CCC(C)C(C(=O)OCc1nc(-c2ccc(OC)c(OC)c2)no1)c1ccccc1. The summed E-state index contributed by atoms with van der Waals surface area (Å²) in [6.07, 6.45) is 0.860. The molecule has 2 unspecified atom stereocenters. The van der Waals surface area contributed by atoms with Crippen molar-refractivity contribution in [2.75, 3.05) is 14.2 Å². The molecule has 7 heteroatoms. The molecule has 0 saturated heterocycles. The Morgan fingerprint density at radius 1 is 1.07 bits per heavy atom. The first-order valence-electron chi connectivity index (χ1n) is 9.83. The molecule has 0 bridgehead atoms.